The zero-order chi connectivity index (χ0) is 53.9. The number of anilines is 4. The molecule has 5 aliphatic heterocycles. The standard InChI is InChI=1S/C60H45N4O2.Pt/c1-38(2)29-41-32-51(42-11-6-5-7-12-42)60-52(33-41)43-18-22-47(23-19-43)66-58-27-20-44(31-40(58)4)45-21-28-59(61-36-45)64-54-26-17-39(3)30-53(54)50-25-24-49(35-57(50)64)65-48-14-10-13-46(34-48)62-37-63(60)56-16-9-8-15-55(56)62;/h5-28,30-33,36-38H,29H2,1-4H3;/q-3;/i3D3,4D3,17D,26D,29D2,30D;. The van der Waals surface area contributed by atoms with E-state index in [2.05, 4.69) is 17.0 Å². The minimum absolute atomic E-state index is 0. The molecule has 0 fully saturated rings. The van der Waals surface area contributed by atoms with Crippen molar-refractivity contribution in [3.63, 3.8) is 0 Å². The Morgan fingerprint density at radius 3 is 2.19 bits per heavy atom. The number of ether oxygens (including phenoxy) is 2. The molecule has 0 amide bonds. The zero-order valence-corrected chi connectivity index (χ0v) is 38.4. The van der Waals surface area contributed by atoms with Gasteiger partial charge in [0.1, 0.15) is 17.3 Å². The topological polar surface area (TPSA) is 42.8 Å². The minimum Gasteiger partial charge on any atom is -0.509 e. The fraction of sp³-hybridized carbons (Fsp3) is 0.100. The van der Waals surface area contributed by atoms with Gasteiger partial charge in [-0.3, -0.25) is 0 Å². The molecule has 10 aromatic rings. The molecule has 2 aromatic heterocycles. The molecule has 0 aliphatic carbocycles. The van der Waals surface area contributed by atoms with Gasteiger partial charge in [-0.05, 0) is 126 Å². The molecule has 7 heteroatoms. The second-order valence-electron chi connectivity index (χ2n) is 16.6. The quantitative estimate of drug-likeness (QED) is 0.165. The van der Waals surface area contributed by atoms with Crippen LogP contribution in [0.3, 0.4) is 0 Å². The summed E-state index contributed by atoms with van der Waals surface area (Å²) in [5.41, 5.74) is 7.54. The van der Waals surface area contributed by atoms with E-state index in [0.717, 1.165) is 39.3 Å². The summed E-state index contributed by atoms with van der Waals surface area (Å²) >= 11 is 0. The summed E-state index contributed by atoms with van der Waals surface area (Å²) in [7, 11) is 0. The summed E-state index contributed by atoms with van der Waals surface area (Å²) in [5, 5.41) is 0.511. The number of hydrogen-bond donors (Lipinski definition) is 0. The molecule has 6 nitrogen and oxygen atoms in total. The van der Waals surface area contributed by atoms with Crippen molar-refractivity contribution in [3.8, 4) is 62.2 Å². The Morgan fingerprint density at radius 1 is 0.687 bits per heavy atom. The fourth-order valence-electron chi connectivity index (χ4n) is 8.93. The number of aromatic nitrogens is 2. The van der Waals surface area contributed by atoms with E-state index in [-0.39, 0.29) is 60.8 Å². The van der Waals surface area contributed by atoms with Gasteiger partial charge in [-0.2, -0.15) is 12.1 Å². The van der Waals surface area contributed by atoms with Crippen molar-refractivity contribution < 1.29 is 45.6 Å². The predicted molar refractivity (Wildman–Crippen MR) is 269 cm³/mol. The summed E-state index contributed by atoms with van der Waals surface area (Å²) in [4.78, 5) is 8.90. The second-order valence-corrected chi connectivity index (χ2v) is 16.6. The van der Waals surface area contributed by atoms with Gasteiger partial charge in [0, 0.05) is 89.0 Å². The third kappa shape index (κ3) is 7.65. The smallest absolute Gasteiger partial charge is 0.135 e. The number of hydrogen-bond acceptors (Lipinski definition) is 5. The first-order valence-electron chi connectivity index (χ1n) is 27.1. The van der Waals surface area contributed by atoms with Gasteiger partial charge in [0.25, 0.3) is 0 Å². The van der Waals surface area contributed by atoms with E-state index in [9.17, 15) is 5.48 Å². The van der Waals surface area contributed by atoms with Crippen LogP contribution < -0.4 is 19.3 Å². The van der Waals surface area contributed by atoms with Gasteiger partial charge >= 0.3 is 0 Å². The molecule has 7 heterocycles. The van der Waals surface area contributed by atoms with Gasteiger partial charge in [0.2, 0.25) is 0 Å². The number of aryl methyl sites for hydroxylation is 1. The predicted octanol–water partition coefficient (Wildman–Crippen LogP) is 15.9. The Labute approximate surface area is 421 Å². The van der Waals surface area contributed by atoms with Crippen LogP contribution in [0.2, 0.25) is 0 Å². The molecule has 8 aromatic carbocycles. The van der Waals surface area contributed by atoms with Gasteiger partial charge in [-0.25, -0.2) is 4.98 Å². The van der Waals surface area contributed by atoms with Crippen LogP contribution in [-0.2, 0) is 27.4 Å². The number of benzene rings is 8. The molecule has 15 rings (SSSR count). The van der Waals surface area contributed by atoms with E-state index in [1.165, 1.54) is 6.07 Å². The fourth-order valence-corrected chi connectivity index (χ4v) is 8.93. The van der Waals surface area contributed by atoms with E-state index in [1.807, 2.05) is 116 Å². The molecular weight excluding hydrogens is 1000 g/mol. The third-order valence-electron chi connectivity index (χ3n) is 11.8. The molecule has 0 radical (unpaired) electrons. The Balaban J connectivity index is 0.00000645. The SMILES string of the molecule is [2H]c1c(C([2H])([2H])[2H])c([2H])c2c3ccc4[c-]c3n(c2c1[2H])-c1ccc(cn1)-c1ccc(c(C([2H])([2H])[2H])c1)Oc1ccc(cc1)-c1cc(C([2H])([2H])C(C)C)cc(-c2ccccc2)c1N1[CH-]N(c2[c-]c(ccc2)O4)c2ccccc21.[Pt]. The molecule has 67 heavy (non-hydrogen) atoms. The summed E-state index contributed by atoms with van der Waals surface area (Å²) < 4.78 is 111. The first kappa shape index (κ1) is 31.5. The Morgan fingerprint density at radius 2 is 1.43 bits per heavy atom. The third-order valence-corrected chi connectivity index (χ3v) is 11.8. The van der Waals surface area contributed by atoms with Crippen LogP contribution in [-0.4, -0.2) is 9.55 Å². The average molecular weight is 1060 g/mol. The van der Waals surface area contributed by atoms with E-state index < -0.39 is 43.8 Å². The van der Waals surface area contributed by atoms with Crippen LogP contribution in [0.1, 0.15) is 45.6 Å². The molecule has 330 valence electrons. The van der Waals surface area contributed by atoms with Crippen molar-refractivity contribution in [2.75, 3.05) is 9.80 Å². The Bertz CT molecular complexity index is 3990. The van der Waals surface area contributed by atoms with Gasteiger partial charge in [0.15, 0.2) is 0 Å². The zero-order valence-electron chi connectivity index (χ0n) is 47.1. The van der Waals surface area contributed by atoms with E-state index in [0.29, 0.717) is 44.8 Å². The maximum atomic E-state index is 9.41. The molecule has 0 spiro atoms. The van der Waals surface area contributed by atoms with E-state index in [1.54, 1.807) is 65.4 Å². The first-order valence-corrected chi connectivity index (χ1v) is 21.6. The number of rotatable bonds is 3. The molecule has 0 saturated heterocycles. The van der Waals surface area contributed by atoms with Crippen molar-refractivity contribution in [1.29, 1.82) is 0 Å². The van der Waals surface area contributed by atoms with Crippen molar-refractivity contribution >= 4 is 44.6 Å². The molecule has 0 saturated carbocycles. The number of para-hydroxylation sites is 2. The minimum atomic E-state index is -2.86. The molecule has 0 unspecified atom stereocenters. The van der Waals surface area contributed by atoms with E-state index in [4.69, 9.17) is 24.1 Å². The van der Waals surface area contributed by atoms with Crippen LogP contribution in [0.15, 0.2) is 176 Å². The van der Waals surface area contributed by atoms with Crippen molar-refractivity contribution in [1.82, 2.24) is 9.55 Å². The Hall–Kier alpha value is -7.40. The number of pyridine rings is 1. The van der Waals surface area contributed by atoms with Gasteiger partial charge in [-0.1, -0.05) is 97.7 Å². The maximum Gasteiger partial charge on any atom is 0.135 e. The second kappa shape index (κ2) is 17.1. The Kier molecular flexibility index (Phi) is 8.04. The summed E-state index contributed by atoms with van der Waals surface area (Å²) in [6.45, 7) is 0.246. The van der Waals surface area contributed by atoms with Gasteiger partial charge in [0.05, 0.1) is 4.11 Å². The van der Waals surface area contributed by atoms with Crippen molar-refractivity contribution in [2.24, 2.45) is 5.92 Å². The monoisotopic (exact) mass is 1060 g/mol. The molecule has 0 N–H and O–H groups in total. The summed E-state index contributed by atoms with van der Waals surface area (Å²) in [6.07, 6.45) is -0.183. The van der Waals surface area contributed by atoms with Gasteiger partial charge in [-0.15, -0.1) is 48.1 Å². The van der Waals surface area contributed by atoms with Crippen LogP contribution in [0.25, 0.3) is 61.0 Å². The van der Waals surface area contributed by atoms with Crippen LogP contribution in [0.4, 0.5) is 22.7 Å². The maximum absolute atomic E-state index is 9.41. The largest absolute Gasteiger partial charge is 0.509 e. The summed E-state index contributed by atoms with van der Waals surface area (Å²) in [5.74, 6) is 0.923. The number of fused-ring (bicyclic) bond motifs is 6. The van der Waals surface area contributed by atoms with Gasteiger partial charge < -0.3 is 23.8 Å². The average Bonchev–Trinajstić information content (AvgIpc) is 3.98. The molecule has 5 aliphatic rings. The van der Waals surface area contributed by atoms with Crippen molar-refractivity contribution in [2.45, 2.75) is 33.9 Å². The summed E-state index contributed by atoms with van der Waals surface area (Å²) in [6, 6.07) is 51.5. The molecule has 0 atom stereocenters. The normalized spacial score (nSPS) is 15.7. The first-order chi connectivity index (χ1) is 36.8. The van der Waals surface area contributed by atoms with Crippen LogP contribution in [0.5, 0.6) is 23.0 Å². The van der Waals surface area contributed by atoms with Crippen LogP contribution in [0, 0.1) is 38.4 Å². The van der Waals surface area contributed by atoms with Crippen molar-refractivity contribution in [3.05, 3.63) is 211 Å². The molecular formula is C60H45N4O2Pt-3. The van der Waals surface area contributed by atoms with Crippen LogP contribution >= 0.6 is 0 Å². The van der Waals surface area contributed by atoms with E-state index >= 15 is 0 Å². The molecule has 12 bridgehead atoms. The number of nitrogens with zero attached hydrogens (tertiary/aromatic N) is 4.